The fourth-order valence-corrected chi connectivity index (χ4v) is 2.46. The van der Waals surface area contributed by atoms with Gasteiger partial charge in [-0.05, 0) is 47.9 Å². The van der Waals surface area contributed by atoms with E-state index in [0.717, 1.165) is 28.7 Å². The first-order valence-electron chi connectivity index (χ1n) is 9.12. The maximum absolute atomic E-state index is 11.2. The Bertz CT molecular complexity index is 889. The zero-order valence-corrected chi connectivity index (χ0v) is 16.5. The summed E-state index contributed by atoms with van der Waals surface area (Å²) in [5.74, 6) is 1.55. The molecule has 0 unspecified atom stereocenters. The average molecular weight is 388 g/mol. The van der Waals surface area contributed by atoms with Crippen molar-refractivity contribution in [1.29, 1.82) is 0 Å². The molecular weight excluding hydrogens is 364 g/mol. The molecule has 0 N–H and O–H groups in total. The molecule has 1 aliphatic rings. The van der Waals surface area contributed by atoms with Crippen molar-refractivity contribution in [2.75, 3.05) is 6.79 Å². The summed E-state index contributed by atoms with van der Waals surface area (Å²) in [5, 5.41) is 0. The standard InChI is InChI=1S/C16H16O3.C9H8O/c1-3-13-4-7-15(8-5-13)18-11-19-16-9-6-14(17)10-12(16)2;1-2-8-3-5-9(7-10)6-4-8/h3-9H,1,10-11H2,2H3;2-7H,1H2. The summed E-state index contributed by atoms with van der Waals surface area (Å²) >= 11 is 0. The van der Waals surface area contributed by atoms with Gasteiger partial charge in [0.15, 0.2) is 5.78 Å². The molecule has 0 heterocycles. The van der Waals surface area contributed by atoms with Crippen molar-refractivity contribution < 1.29 is 19.1 Å². The third-order valence-electron chi connectivity index (χ3n) is 4.14. The second-order valence-electron chi connectivity index (χ2n) is 6.29. The van der Waals surface area contributed by atoms with Crippen LogP contribution in [0, 0.1) is 0 Å². The van der Waals surface area contributed by atoms with E-state index in [2.05, 4.69) is 13.2 Å². The first kappa shape index (κ1) is 21.6. The van der Waals surface area contributed by atoms with Crippen LogP contribution in [-0.2, 0) is 9.53 Å². The van der Waals surface area contributed by atoms with E-state index in [0.29, 0.717) is 17.7 Å². The predicted molar refractivity (Wildman–Crippen MR) is 116 cm³/mol. The third kappa shape index (κ3) is 7.11. The van der Waals surface area contributed by atoms with E-state index in [-0.39, 0.29) is 12.6 Å². The van der Waals surface area contributed by atoms with Gasteiger partial charge in [-0.2, -0.15) is 0 Å². The summed E-state index contributed by atoms with van der Waals surface area (Å²) in [4.78, 5) is 21.3. The van der Waals surface area contributed by atoms with Crippen LogP contribution in [0.1, 0.15) is 34.8 Å². The fraction of sp³-hybridized carbons (Fsp3) is 0.120. The number of carbonyl (C=O) groups excluding carboxylic acids is 2. The predicted octanol–water partition coefficient (Wildman–Crippen LogP) is 5.63. The maximum Gasteiger partial charge on any atom is 0.230 e. The molecule has 0 aliphatic heterocycles. The van der Waals surface area contributed by atoms with Crippen LogP contribution in [-0.4, -0.2) is 18.9 Å². The molecule has 0 bridgehead atoms. The lowest BCUT2D eigenvalue weighted by atomic mass is 10.0. The van der Waals surface area contributed by atoms with Crippen LogP contribution in [0.25, 0.3) is 12.2 Å². The van der Waals surface area contributed by atoms with E-state index >= 15 is 0 Å². The summed E-state index contributed by atoms with van der Waals surface area (Å²) in [5.41, 5.74) is 3.70. The molecular formula is C25H24O4. The van der Waals surface area contributed by atoms with Gasteiger partial charge in [-0.1, -0.05) is 61.7 Å². The van der Waals surface area contributed by atoms with Gasteiger partial charge in [0.2, 0.25) is 6.79 Å². The summed E-state index contributed by atoms with van der Waals surface area (Å²) < 4.78 is 11.0. The lowest BCUT2D eigenvalue weighted by Crippen LogP contribution is -2.08. The number of carbonyl (C=O) groups is 2. The normalized spacial score (nSPS) is 12.5. The molecule has 29 heavy (non-hydrogen) atoms. The number of ketones is 1. The summed E-state index contributed by atoms with van der Waals surface area (Å²) in [6.45, 7) is 9.30. The smallest absolute Gasteiger partial charge is 0.230 e. The molecule has 3 rings (SSSR count). The monoisotopic (exact) mass is 388 g/mol. The van der Waals surface area contributed by atoms with Crippen LogP contribution in [0.4, 0.5) is 0 Å². The van der Waals surface area contributed by atoms with Gasteiger partial charge in [-0.25, -0.2) is 0 Å². The molecule has 1 aliphatic carbocycles. The summed E-state index contributed by atoms with van der Waals surface area (Å²) in [6.07, 6.45) is 7.98. The minimum absolute atomic E-state index is 0.103. The van der Waals surface area contributed by atoms with E-state index in [4.69, 9.17) is 9.47 Å². The first-order chi connectivity index (χ1) is 14.0. The molecule has 0 spiro atoms. The number of aldehydes is 1. The molecule has 0 atom stereocenters. The van der Waals surface area contributed by atoms with Crippen molar-refractivity contribution in [2.24, 2.45) is 0 Å². The molecule has 0 saturated carbocycles. The van der Waals surface area contributed by atoms with Gasteiger partial charge < -0.3 is 9.47 Å². The number of rotatable bonds is 7. The molecule has 0 fully saturated rings. The molecule has 2 aromatic rings. The highest BCUT2D eigenvalue weighted by Crippen LogP contribution is 2.18. The molecule has 4 heteroatoms. The van der Waals surface area contributed by atoms with Crippen LogP contribution in [0.5, 0.6) is 5.75 Å². The Morgan fingerprint density at radius 2 is 1.41 bits per heavy atom. The van der Waals surface area contributed by atoms with E-state index in [1.54, 1.807) is 30.4 Å². The Hall–Kier alpha value is -3.66. The number of hydrogen-bond acceptors (Lipinski definition) is 4. The zero-order valence-electron chi connectivity index (χ0n) is 16.5. The maximum atomic E-state index is 11.2. The lowest BCUT2D eigenvalue weighted by Gasteiger charge is -2.14. The lowest BCUT2D eigenvalue weighted by molar-refractivity contribution is -0.114. The molecule has 0 amide bonds. The molecule has 4 nitrogen and oxygen atoms in total. The Morgan fingerprint density at radius 3 is 1.93 bits per heavy atom. The van der Waals surface area contributed by atoms with Crippen molar-refractivity contribution in [2.45, 2.75) is 13.3 Å². The zero-order chi connectivity index (χ0) is 21.1. The summed E-state index contributed by atoms with van der Waals surface area (Å²) in [7, 11) is 0. The first-order valence-corrected chi connectivity index (χ1v) is 9.12. The van der Waals surface area contributed by atoms with Crippen molar-refractivity contribution in [1.82, 2.24) is 0 Å². The highest BCUT2D eigenvalue weighted by Gasteiger charge is 2.10. The largest absolute Gasteiger partial charge is 0.458 e. The molecule has 2 aromatic carbocycles. The minimum Gasteiger partial charge on any atom is -0.458 e. The van der Waals surface area contributed by atoms with Gasteiger partial charge in [0.05, 0.1) is 0 Å². The Kier molecular flexibility index (Phi) is 8.39. The number of allylic oxidation sites excluding steroid dienone is 3. The molecule has 0 radical (unpaired) electrons. The van der Waals surface area contributed by atoms with Gasteiger partial charge in [-0.15, -0.1) is 0 Å². The Morgan fingerprint density at radius 1 is 0.862 bits per heavy atom. The fourth-order valence-electron chi connectivity index (χ4n) is 2.46. The van der Waals surface area contributed by atoms with Crippen LogP contribution in [0.15, 0.2) is 85.2 Å². The number of ether oxygens (including phenoxy) is 2. The van der Waals surface area contributed by atoms with Crippen molar-refractivity contribution in [3.05, 3.63) is 102 Å². The van der Waals surface area contributed by atoms with Gasteiger partial charge in [0.1, 0.15) is 17.8 Å². The number of hydrogen-bond donors (Lipinski definition) is 0. The molecule has 0 aromatic heterocycles. The highest BCUT2D eigenvalue weighted by molar-refractivity contribution is 5.93. The van der Waals surface area contributed by atoms with Crippen molar-refractivity contribution in [3.8, 4) is 5.75 Å². The third-order valence-corrected chi connectivity index (χ3v) is 4.14. The minimum atomic E-state index is 0.103. The van der Waals surface area contributed by atoms with Gasteiger partial charge >= 0.3 is 0 Å². The second-order valence-corrected chi connectivity index (χ2v) is 6.29. The van der Waals surface area contributed by atoms with E-state index < -0.39 is 0 Å². The van der Waals surface area contributed by atoms with E-state index in [1.165, 1.54) is 6.08 Å². The van der Waals surface area contributed by atoms with Crippen LogP contribution < -0.4 is 4.74 Å². The van der Waals surface area contributed by atoms with Crippen molar-refractivity contribution in [3.63, 3.8) is 0 Å². The average Bonchev–Trinajstić information content (AvgIpc) is 2.76. The second kappa shape index (κ2) is 11.2. The molecule has 148 valence electrons. The van der Waals surface area contributed by atoms with E-state index in [9.17, 15) is 9.59 Å². The van der Waals surface area contributed by atoms with Crippen LogP contribution in [0.2, 0.25) is 0 Å². The van der Waals surface area contributed by atoms with Crippen LogP contribution in [0.3, 0.4) is 0 Å². The highest BCUT2D eigenvalue weighted by atomic mass is 16.7. The quantitative estimate of drug-likeness (QED) is 0.456. The Labute approximate surface area is 171 Å². The van der Waals surface area contributed by atoms with Crippen LogP contribution >= 0.6 is 0 Å². The van der Waals surface area contributed by atoms with E-state index in [1.807, 2.05) is 43.3 Å². The van der Waals surface area contributed by atoms with Gasteiger partial charge in [0, 0.05) is 12.0 Å². The van der Waals surface area contributed by atoms with Gasteiger partial charge in [0.25, 0.3) is 0 Å². The summed E-state index contributed by atoms with van der Waals surface area (Å²) in [6, 6.07) is 14.8. The van der Waals surface area contributed by atoms with Crippen molar-refractivity contribution >= 4 is 24.2 Å². The Balaban J connectivity index is 0.000000253. The van der Waals surface area contributed by atoms with Gasteiger partial charge in [-0.3, -0.25) is 9.59 Å². The molecule has 0 saturated heterocycles. The topological polar surface area (TPSA) is 52.6 Å². The SMILES string of the molecule is C=Cc1ccc(C=O)cc1.C=Cc1ccc(OCOC2=C(C)CC(=O)C=C2)cc1. The number of benzene rings is 2.